The van der Waals surface area contributed by atoms with E-state index in [-0.39, 0.29) is 11.4 Å². The van der Waals surface area contributed by atoms with Crippen LogP contribution in [0.25, 0.3) is 0 Å². The van der Waals surface area contributed by atoms with Crippen LogP contribution in [0.4, 0.5) is 10.1 Å². The number of carboxylic acid groups (broad SMARTS) is 1. The van der Waals surface area contributed by atoms with Crippen LogP contribution < -0.4 is 10.2 Å². The van der Waals surface area contributed by atoms with E-state index in [0.29, 0.717) is 5.56 Å². The van der Waals surface area contributed by atoms with Gasteiger partial charge in [0.2, 0.25) is 11.8 Å². The van der Waals surface area contributed by atoms with Gasteiger partial charge in [0.05, 0.1) is 17.5 Å². The smallest absolute Gasteiger partial charge is 0.321 e. The molecule has 27 heavy (non-hydrogen) atoms. The molecule has 7 nitrogen and oxygen atoms in total. The second-order valence-corrected chi connectivity index (χ2v) is 6.56. The van der Waals surface area contributed by atoms with Gasteiger partial charge in [-0.15, -0.1) is 0 Å². The molecule has 2 aromatic rings. The number of phenolic OH excluding ortho intramolecular Hbond substituents is 1. The third kappa shape index (κ3) is 2.57. The predicted octanol–water partition coefficient (Wildman–Crippen LogP) is 1.43. The van der Waals surface area contributed by atoms with Gasteiger partial charge in [-0.25, -0.2) is 9.29 Å². The number of para-hydroxylation sites is 1. The largest absolute Gasteiger partial charge is 0.508 e. The van der Waals surface area contributed by atoms with Gasteiger partial charge in [0.1, 0.15) is 17.6 Å². The van der Waals surface area contributed by atoms with Gasteiger partial charge in [0.25, 0.3) is 0 Å². The summed E-state index contributed by atoms with van der Waals surface area (Å²) >= 11 is 0. The molecule has 4 atom stereocenters. The van der Waals surface area contributed by atoms with E-state index in [1.165, 1.54) is 18.2 Å². The Morgan fingerprint density at radius 1 is 1.00 bits per heavy atom. The quantitative estimate of drug-likeness (QED) is 0.706. The van der Waals surface area contributed by atoms with Gasteiger partial charge in [0, 0.05) is 11.6 Å². The van der Waals surface area contributed by atoms with E-state index in [1.807, 2.05) is 0 Å². The summed E-state index contributed by atoms with van der Waals surface area (Å²) in [5, 5.41) is 22.5. The number of carboxylic acids is 1. The fraction of sp³-hybridized carbons (Fsp3) is 0.211. The molecule has 0 unspecified atom stereocenters. The van der Waals surface area contributed by atoms with Crippen LogP contribution in [0.3, 0.4) is 0 Å². The van der Waals surface area contributed by atoms with Gasteiger partial charge in [-0.05, 0) is 30.3 Å². The second-order valence-electron chi connectivity index (χ2n) is 6.56. The van der Waals surface area contributed by atoms with Crippen molar-refractivity contribution in [1.82, 2.24) is 5.32 Å². The van der Waals surface area contributed by atoms with Crippen molar-refractivity contribution in [2.75, 3.05) is 4.90 Å². The van der Waals surface area contributed by atoms with E-state index in [4.69, 9.17) is 0 Å². The summed E-state index contributed by atoms with van der Waals surface area (Å²) in [6, 6.07) is 8.99. The first-order valence-corrected chi connectivity index (χ1v) is 8.30. The molecule has 0 bridgehead atoms. The SMILES string of the molecule is O=C(O)[C@@H]1N[C@H](c2ccccc2O)[C@@H]2C(=O)N(c3ccc(F)cc3)C(=O)[C@H]21. The topological polar surface area (TPSA) is 107 Å². The zero-order chi connectivity index (χ0) is 19.3. The molecule has 2 aromatic carbocycles. The van der Waals surface area contributed by atoms with Crippen molar-refractivity contribution in [3.8, 4) is 5.75 Å². The molecule has 2 amide bonds. The molecular formula is C19H15FN2O5. The number of nitrogens with one attached hydrogen (secondary N) is 1. The lowest BCUT2D eigenvalue weighted by atomic mass is 9.86. The summed E-state index contributed by atoms with van der Waals surface area (Å²) in [6.07, 6.45) is 0. The van der Waals surface area contributed by atoms with Gasteiger partial charge in [-0.2, -0.15) is 0 Å². The van der Waals surface area contributed by atoms with E-state index in [0.717, 1.165) is 17.0 Å². The maximum absolute atomic E-state index is 13.2. The van der Waals surface area contributed by atoms with Gasteiger partial charge in [-0.1, -0.05) is 18.2 Å². The van der Waals surface area contributed by atoms with Gasteiger partial charge in [-0.3, -0.25) is 19.7 Å². The minimum atomic E-state index is -1.28. The normalized spacial score (nSPS) is 27.1. The van der Waals surface area contributed by atoms with Crippen molar-refractivity contribution in [3.05, 3.63) is 59.9 Å². The van der Waals surface area contributed by atoms with Gasteiger partial charge in [0.15, 0.2) is 0 Å². The van der Waals surface area contributed by atoms with Gasteiger partial charge >= 0.3 is 5.97 Å². The van der Waals surface area contributed by atoms with Crippen molar-refractivity contribution in [2.45, 2.75) is 12.1 Å². The molecular weight excluding hydrogens is 355 g/mol. The zero-order valence-electron chi connectivity index (χ0n) is 13.9. The Morgan fingerprint density at radius 2 is 1.63 bits per heavy atom. The van der Waals surface area contributed by atoms with E-state index < -0.39 is 47.5 Å². The number of hydrogen-bond donors (Lipinski definition) is 3. The van der Waals surface area contributed by atoms with Crippen molar-refractivity contribution >= 4 is 23.5 Å². The standard InChI is InChI=1S/C19H15FN2O5/c20-9-5-7-10(8-6-9)22-17(24)13-14(18(22)25)16(19(26)27)21-15(13)11-3-1-2-4-12(11)23/h1-8,13-16,21,23H,(H,26,27)/t13-,14-,15-,16-/m1/s1. The van der Waals surface area contributed by atoms with Crippen molar-refractivity contribution in [1.29, 1.82) is 0 Å². The first-order chi connectivity index (χ1) is 12.9. The molecule has 2 aliphatic rings. The minimum Gasteiger partial charge on any atom is -0.508 e. The molecule has 0 radical (unpaired) electrons. The Kier molecular flexibility index (Phi) is 3.92. The van der Waals surface area contributed by atoms with E-state index in [2.05, 4.69) is 5.32 Å². The average Bonchev–Trinajstić information content (AvgIpc) is 3.14. The lowest BCUT2D eigenvalue weighted by molar-refractivity contribution is -0.142. The Hall–Kier alpha value is -3.26. The molecule has 0 saturated carbocycles. The van der Waals surface area contributed by atoms with E-state index in [9.17, 15) is 29.0 Å². The summed E-state index contributed by atoms with van der Waals surface area (Å²) in [5.41, 5.74) is 0.527. The van der Waals surface area contributed by atoms with Crippen molar-refractivity contribution in [2.24, 2.45) is 11.8 Å². The second kappa shape index (κ2) is 6.17. The molecule has 2 saturated heterocycles. The number of hydrogen-bond acceptors (Lipinski definition) is 5. The van der Waals surface area contributed by atoms with Crippen LogP contribution in [0, 0.1) is 17.7 Å². The summed E-state index contributed by atoms with van der Waals surface area (Å²) in [5.74, 6) is -5.22. The third-order valence-electron chi connectivity index (χ3n) is 5.10. The van der Waals surface area contributed by atoms with Crippen LogP contribution in [0.15, 0.2) is 48.5 Å². The van der Waals surface area contributed by atoms with Gasteiger partial charge < -0.3 is 10.2 Å². The Bertz CT molecular complexity index is 945. The molecule has 2 fully saturated rings. The zero-order valence-corrected chi connectivity index (χ0v) is 13.9. The fourth-order valence-electron chi connectivity index (χ4n) is 3.92. The molecule has 4 rings (SSSR count). The van der Waals surface area contributed by atoms with Crippen LogP contribution >= 0.6 is 0 Å². The Morgan fingerprint density at radius 3 is 2.26 bits per heavy atom. The van der Waals surface area contributed by atoms with Crippen LogP contribution in [-0.4, -0.2) is 34.0 Å². The first-order valence-electron chi connectivity index (χ1n) is 8.30. The molecule has 2 heterocycles. The Balaban J connectivity index is 1.79. The number of carbonyl (C=O) groups excluding carboxylic acids is 2. The number of rotatable bonds is 3. The fourth-order valence-corrected chi connectivity index (χ4v) is 3.92. The number of benzene rings is 2. The highest BCUT2D eigenvalue weighted by atomic mass is 19.1. The van der Waals surface area contributed by atoms with Crippen LogP contribution in [-0.2, 0) is 14.4 Å². The molecule has 138 valence electrons. The molecule has 2 aliphatic heterocycles. The summed E-state index contributed by atoms with van der Waals surface area (Å²) in [4.78, 5) is 38.5. The van der Waals surface area contributed by atoms with E-state index in [1.54, 1.807) is 18.2 Å². The molecule has 8 heteroatoms. The predicted molar refractivity (Wildman–Crippen MR) is 91.3 cm³/mol. The van der Waals surface area contributed by atoms with Crippen LogP contribution in [0.5, 0.6) is 5.75 Å². The lowest BCUT2D eigenvalue weighted by Gasteiger charge is -2.22. The highest BCUT2D eigenvalue weighted by Gasteiger charge is 2.61. The van der Waals surface area contributed by atoms with Crippen LogP contribution in [0.2, 0.25) is 0 Å². The maximum Gasteiger partial charge on any atom is 0.321 e. The average molecular weight is 370 g/mol. The van der Waals surface area contributed by atoms with Crippen molar-refractivity contribution < 1.29 is 29.0 Å². The molecule has 3 N–H and O–H groups in total. The number of amides is 2. The number of nitrogens with zero attached hydrogens (tertiary/aromatic N) is 1. The lowest BCUT2D eigenvalue weighted by Crippen LogP contribution is -2.43. The number of carbonyl (C=O) groups is 3. The van der Waals surface area contributed by atoms with E-state index >= 15 is 0 Å². The number of aliphatic carboxylic acids is 1. The number of aromatic hydroxyl groups is 1. The maximum atomic E-state index is 13.2. The Labute approximate surface area is 153 Å². The molecule has 0 aromatic heterocycles. The third-order valence-corrected chi connectivity index (χ3v) is 5.10. The number of anilines is 1. The molecule has 0 aliphatic carbocycles. The van der Waals surface area contributed by atoms with Crippen LogP contribution in [0.1, 0.15) is 11.6 Å². The summed E-state index contributed by atoms with van der Waals surface area (Å²) in [7, 11) is 0. The van der Waals surface area contributed by atoms with Crippen molar-refractivity contribution in [3.63, 3.8) is 0 Å². The number of fused-ring (bicyclic) bond motifs is 1. The summed E-state index contributed by atoms with van der Waals surface area (Å²) < 4.78 is 13.2. The summed E-state index contributed by atoms with van der Waals surface area (Å²) in [6.45, 7) is 0. The number of halogens is 1. The number of phenols is 1. The number of imide groups is 1. The molecule has 0 spiro atoms. The first kappa shape index (κ1) is 17.2. The highest BCUT2D eigenvalue weighted by molar-refractivity contribution is 6.23. The monoisotopic (exact) mass is 370 g/mol. The minimum absolute atomic E-state index is 0.0970. The highest BCUT2D eigenvalue weighted by Crippen LogP contribution is 2.46.